The molecule has 1 unspecified atom stereocenters. The van der Waals surface area contributed by atoms with E-state index in [2.05, 4.69) is 33.5 Å². The normalized spacial score (nSPS) is 15.3. The van der Waals surface area contributed by atoms with Gasteiger partial charge in [0.15, 0.2) is 0 Å². The zero-order chi connectivity index (χ0) is 13.9. The first-order valence-electron chi connectivity index (χ1n) is 7.00. The van der Waals surface area contributed by atoms with Crippen molar-refractivity contribution in [2.45, 2.75) is 25.8 Å². The molecule has 0 aliphatic carbocycles. The number of aryl methyl sites for hydroxylation is 2. The first kappa shape index (κ1) is 13.1. The SMILES string of the molecule is CNC(c1ncc(C)cn1)c1cccc2c1OCCC2. The number of hydrogen-bond donors (Lipinski definition) is 1. The zero-order valence-electron chi connectivity index (χ0n) is 11.9. The molecule has 1 aliphatic rings. The maximum atomic E-state index is 5.89. The van der Waals surface area contributed by atoms with Gasteiger partial charge in [0.05, 0.1) is 12.6 Å². The molecule has 0 radical (unpaired) electrons. The van der Waals surface area contributed by atoms with Crippen molar-refractivity contribution in [3.8, 4) is 5.75 Å². The van der Waals surface area contributed by atoms with Crippen LogP contribution in [0.4, 0.5) is 0 Å². The fraction of sp³-hybridized carbons (Fsp3) is 0.375. The highest BCUT2D eigenvalue weighted by Gasteiger charge is 2.22. The maximum absolute atomic E-state index is 5.89. The summed E-state index contributed by atoms with van der Waals surface area (Å²) in [6.45, 7) is 2.78. The lowest BCUT2D eigenvalue weighted by molar-refractivity contribution is 0.283. The summed E-state index contributed by atoms with van der Waals surface area (Å²) >= 11 is 0. The molecule has 1 aromatic heterocycles. The molecule has 4 nitrogen and oxygen atoms in total. The van der Waals surface area contributed by atoms with Gasteiger partial charge in [-0.25, -0.2) is 9.97 Å². The Kier molecular flexibility index (Phi) is 3.65. The monoisotopic (exact) mass is 269 g/mol. The van der Waals surface area contributed by atoms with Gasteiger partial charge in [0.1, 0.15) is 11.6 Å². The Morgan fingerprint density at radius 1 is 1.25 bits per heavy atom. The molecule has 0 amide bonds. The van der Waals surface area contributed by atoms with E-state index in [-0.39, 0.29) is 6.04 Å². The molecular weight excluding hydrogens is 250 g/mol. The Morgan fingerprint density at radius 3 is 2.80 bits per heavy atom. The number of ether oxygens (including phenoxy) is 1. The third-order valence-electron chi connectivity index (χ3n) is 3.62. The molecule has 0 bridgehead atoms. The molecule has 4 heteroatoms. The summed E-state index contributed by atoms with van der Waals surface area (Å²) in [6.07, 6.45) is 5.86. The summed E-state index contributed by atoms with van der Waals surface area (Å²) in [5, 5.41) is 3.30. The third-order valence-corrected chi connectivity index (χ3v) is 3.62. The quantitative estimate of drug-likeness (QED) is 0.929. The number of fused-ring (bicyclic) bond motifs is 1. The van der Waals surface area contributed by atoms with Crippen LogP contribution in [0.1, 0.15) is 35.0 Å². The van der Waals surface area contributed by atoms with Crippen LogP contribution in [0, 0.1) is 6.92 Å². The molecule has 3 rings (SSSR count). The Balaban J connectivity index is 2.03. The van der Waals surface area contributed by atoms with Crippen molar-refractivity contribution in [3.63, 3.8) is 0 Å². The fourth-order valence-electron chi connectivity index (χ4n) is 2.62. The highest BCUT2D eigenvalue weighted by atomic mass is 16.5. The van der Waals surface area contributed by atoms with Crippen LogP contribution in [0.3, 0.4) is 0 Å². The average Bonchev–Trinajstić information content (AvgIpc) is 2.50. The molecule has 1 N–H and O–H groups in total. The second kappa shape index (κ2) is 5.59. The number of hydrogen-bond acceptors (Lipinski definition) is 4. The molecule has 0 fully saturated rings. The number of benzene rings is 1. The first-order valence-corrected chi connectivity index (χ1v) is 7.00. The standard InChI is InChI=1S/C16H19N3O/c1-11-9-18-16(19-10-11)14(17-2)13-7-3-5-12-6-4-8-20-15(12)13/h3,5,7,9-10,14,17H,4,6,8H2,1-2H3. The van der Waals surface area contributed by atoms with Crippen molar-refractivity contribution < 1.29 is 4.74 Å². The van der Waals surface area contributed by atoms with Crippen LogP contribution in [-0.4, -0.2) is 23.6 Å². The summed E-state index contributed by atoms with van der Waals surface area (Å²) in [4.78, 5) is 8.89. The van der Waals surface area contributed by atoms with Crippen LogP contribution in [0.15, 0.2) is 30.6 Å². The summed E-state index contributed by atoms with van der Waals surface area (Å²) < 4.78 is 5.89. The van der Waals surface area contributed by atoms with Crippen molar-refractivity contribution in [1.29, 1.82) is 0 Å². The summed E-state index contributed by atoms with van der Waals surface area (Å²) in [5.74, 6) is 1.78. The Labute approximate surface area is 119 Å². The third kappa shape index (κ3) is 2.39. The van der Waals surface area contributed by atoms with Crippen molar-refractivity contribution in [2.24, 2.45) is 0 Å². The van der Waals surface area contributed by atoms with Gasteiger partial charge < -0.3 is 10.1 Å². The summed E-state index contributed by atoms with van der Waals surface area (Å²) in [7, 11) is 1.93. The number of rotatable bonds is 3. The van der Waals surface area contributed by atoms with Crippen molar-refractivity contribution >= 4 is 0 Å². The first-order chi connectivity index (χ1) is 9.79. The fourth-order valence-corrected chi connectivity index (χ4v) is 2.62. The molecule has 104 valence electrons. The second-order valence-corrected chi connectivity index (χ2v) is 5.13. The van der Waals surface area contributed by atoms with E-state index in [1.807, 2.05) is 26.4 Å². The number of aromatic nitrogens is 2. The second-order valence-electron chi connectivity index (χ2n) is 5.13. The minimum atomic E-state index is -0.0383. The van der Waals surface area contributed by atoms with Gasteiger partial charge in [-0.3, -0.25) is 0 Å². The highest BCUT2D eigenvalue weighted by molar-refractivity contribution is 5.46. The molecule has 1 aliphatic heterocycles. The van der Waals surface area contributed by atoms with Gasteiger partial charge in [0, 0.05) is 18.0 Å². The topological polar surface area (TPSA) is 47.0 Å². The van der Waals surface area contributed by atoms with E-state index < -0.39 is 0 Å². The van der Waals surface area contributed by atoms with Crippen molar-refractivity contribution in [1.82, 2.24) is 15.3 Å². The van der Waals surface area contributed by atoms with Gasteiger partial charge in [0.25, 0.3) is 0 Å². The Hall–Kier alpha value is -1.94. The molecular formula is C16H19N3O. The van der Waals surface area contributed by atoms with E-state index in [1.54, 1.807) is 0 Å². The van der Waals surface area contributed by atoms with Gasteiger partial charge >= 0.3 is 0 Å². The van der Waals surface area contributed by atoms with Crippen LogP contribution in [0.5, 0.6) is 5.75 Å². The maximum Gasteiger partial charge on any atom is 0.149 e. The lowest BCUT2D eigenvalue weighted by atomic mass is 9.97. The predicted octanol–water partition coefficient (Wildman–Crippen LogP) is 2.42. The summed E-state index contributed by atoms with van der Waals surface area (Å²) in [5.41, 5.74) is 3.46. The average molecular weight is 269 g/mol. The summed E-state index contributed by atoms with van der Waals surface area (Å²) in [6, 6.07) is 6.28. The smallest absolute Gasteiger partial charge is 0.149 e. The van der Waals surface area contributed by atoms with Crippen LogP contribution >= 0.6 is 0 Å². The zero-order valence-corrected chi connectivity index (χ0v) is 11.9. The lowest BCUT2D eigenvalue weighted by Gasteiger charge is -2.24. The highest BCUT2D eigenvalue weighted by Crippen LogP contribution is 2.34. The van der Waals surface area contributed by atoms with Crippen LogP contribution in [-0.2, 0) is 6.42 Å². The van der Waals surface area contributed by atoms with E-state index in [0.717, 1.165) is 42.1 Å². The largest absolute Gasteiger partial charge is 0.493 e. The van der Waals surface area contributed by atoms with Crippen LogP contribution in [0.25, 0.3) is 0 Å². The molecule has 0 saturated heterocycles. The molecule has 0 spiro atoms. The lowest BCUT2D eigenvalue weighted by Crippen LogP contribution is -2.22. The van der Waals surface area contributed by atoms with E-state index in [4.69, 9.17) is 4.74 Å². The van der Waals surface area contributed by atoms with Crippen molar-refractivity contribution in [2.75, 3.05) is 13.7 Å². The molecule has 0 saturated carbocycles. The number of nitrogens with one attached hydrogen (secondary N) is 1. The van der Waals surface area contributed by atoms with Gasteiger partial charge in [-0.2, -0.15) is 0 Å². The molecule has 2 heterocycles. The number of para-hydroxylation sites is 1. The van der Waals surface area contributed by atoms with E-state index >= 15 is 0 Å². The van der Waals surface area contributed by atoms with Gasteiger partial charge in [-0.1, -0.05) is 18.2 Å². The number of nitrogens with zero attached hydrogens (tertiary/aromatic N) is 2. The van der Waals surface area contributed by atoms with Gasteiger partial charge in [0.2, 0.25) is 0 Å². The Bertz CT molecular complexity index is 595. The van der Waals surface area contributed by atoms with Crippen LogP contribution < -0.4 is 10.1 Å². The van der Waals surface area contributed by atoms with Gasteiger partial charge in [-0.05, 0) is 37.9 Å². The predicted molar refractivity (Wildman–Crippen MR) is 77.9 cm³/mol. The minimum absolute atomic E-state index is 0.0383. The molecule has 2 aromatic rings. The van der Waals surface area contributed by atoms with Crippen molar-refractivity contribution in [3.05, 3.63) is 53.1 Å². The molecule has 1 atom stereocenters. The van der Waals surface area contributed by atoms with Gasteiger partial charge in [-0.15, -0.1) is 0 Å². The molecule has 20 heavy (non-hydrogen) atoms. The Morgan fingerprint density at radius 2 is 2.05 bits per heavy atom. The van der Waals surface area contributed by atoms with E-state index in [9.17, 15) is 0 Å². The molecule has 1 aromatic carbocycles. The minimum Gasteiger partial charge on any atom is -0.493 e. The van der Waals surface area contributed by atoms with E-state index in [1.165, 1.54) is 5.56 Å². The van der Waals surface area contributed by atoms with E-state index in [0.29, 0.717) is 0 Å². The van der Waals surface area contributed by atoms with Crippen LogP contribution in [0.2, 0.25) is 0 Å².